The number of benzene rings is 2. The van der Waals surface area contributed by atoms with Gasteiger partial charge in [0.25, 0.3) is 0 Å². The third-order valence-corrected chi connectivity index (χ3v) is 7.26. The van der Waals surface area contributed by atoms with Crippen LogP contribution in [0.3, 0.4) is 0 Å². The lowest BCUT2D eigenvalue weighted by atomic mass is 9.82. The number of halogens is 7. The zero-order chi connectivity index (χ0) is 27.1. The van der Waals surface area contributed by atoms with E-state index in [2.05, 4.69) is 5.32 Å². The van der Waals surface area contributed by atoms with Crippen molar-refractivity contribution >= 4 is 5.91 Å². The van der Waals surface area contributed by atoms with Crippen molar-refractivity contribution in [1.29, 1.82) is 0 Å². The number of hydrogen-bond donors (Lipinski definition) is 1. The molecule has 1 heterocycles. The summed E-state index contributed by atoms with van der Waals surface area (Å²) in [5.41, 5.74) is -2.31. The molecule has 0 radical (unpaired) electrons. The van der Waals surface area contributed by atoms with Gasteiger partial charge >= 0.3 is 12.4 Å². The van der Waals surface area contributed by atoms with E-state index in [4.69, 9.17) is 4.74 Å². The average Bonchev–Trinajstić information content (AvgIpc) is 3.40. The van der Waals surface area contributed by atoms with Crippen LogP contribution >= 0.6 is 0 Å². The largest absolute Gasteiger partial charge is 0.416 e. The molecule has 1 aliphatic carbocycles. The summed E-state index contributed by atoms with van der Waals surface area (Å²) in [6, 6.07) is 6.67. The van der Waals surface area contributed by atoms with Crippen LogP contribution in [-0.2, 0) is 28.5 Å². The average molecular weight is 533 g/mol. The lowest BCUT2D eigenvalue weighted by Gasteiger charge is -2.30. The summed E-state index contributed by atoms with van der Waals surface area (Å²) < 4.78 is 99.1. The van der Waals surface area contributed by atoms with E-state index in [1.807, 2.05) is 4.90 Å². The van der Waals surface area contributed by atoms with Gasteiger partial charge in [-0.2, -0.15) is 26.3 Å². The van der Waals surface area contributed by atoms with E-state index in [-0.39, 0.29) is 41.5 Å². The van der Waals surface area contributed by atoms with Crippen molar-refractivity contribution in [3.05, 3.63) is 70.5 Å². The Kier molecular flexibility index (Phi) is 7.58. The van der Waals surface area contributed by atoms with E-state index in [1.54, 1.807) is 26.2 Å². The first kappa shape index (κ1) is 27.4. The van der Waals surface area contributed by atoms with E-state index in [0.29, 0.717) is 31.4 Å². The summed E-state index contributed by atoms with van der Waals surface area (Å²) in [4.78, 5) is 14.3. The van der Waals surface area contributed by atoms with Gasteiger partial charge < -0.3 is 10.1 Å². The number of likely N-dealkylation sites (N-methyl/N-ethyl adjacent to an activating group) is 1. The Labute approximate surface area is 209 Å². The normalized spacial score (nSPS) is 26.6. The maximum absolute atomic E-state index is 13.6. The molecule has 5 atom stereocenters. The first-order valence-corrected chi connectivity index (χ1v) is 11.9. The molecule has 1 saturated heterocycles. The summed E-state index contributed by atoms with van der Waals surface area (Å²) in [5, 5.41) is 3.02. The SMILES string of the molecule is CN(C)[C@H]1CC([C@@H]2CC[C@H](OCc3cc(C(F)(F)F)cc(C(F)(F)F)c3)[C@H]2c2ccc(F)cc2)NC1=O. The van der Waals surface area contributed by atoms with Gasteiger partial charge in [-0.1, -0.05) is 12.1 Å². The second-order valence-corrected chi connectivity index (χ2v) is 9.91. The molecule has 1 unspecified atom stereocenters. The second-order valence-electron chi connectivity index (χ2n) is 9.91. The van der Waals surface area contributed by atoms with E-state index >= 15 is 0 Å². The van der Waals surface area contributed by atoms with Gasteiger partial charge in [0.05, 0.1) is 29.9 Å². The van der Waals surface area contributed by atoms with Crippen LogP contribution in [0.15, 0.2) is 42.5 Å². The molecule has 0 bridgehead atoms. The highest BCUT2D eigenvalue weighted by molar-refractivity contribution is 5.84. The Hall–Kier alpha value is -2.66. The van der Waals surface area contributed by atoms with Gasteiger partial charge in [0.15, 0.2) is 0 Å². The molecule has 1 saturated carbocycles. The predicted octanol–water partition coefficient (Wildman–Crippen LogP) is 5.76. The minimum absolute atomic E-state index is 0.0837. The van der Waals surface area contributed by atoms with Crippen LogP contribution in [0, 0.1) is 11.7 Å². The van der Waals surface area contributed by atoms with Crippen LogP contribution in [0.1, 0.15) is 47.4 Å². The Morgan fingerprint density at radius 1 is 0.946 bits per heavy atom. The Balaban J connectivity index is 1.59. The maximum Gasteiger partial charge on any atom is 0.416 e. The molecule has 1 aliphatic heterocycles. The van der Waals surface area contributed by atoms with Crippen molar-refractivity contribution in [3.8, 4) is 0 Å². The van der Waals surface area contributed by atoms with Gasteiger partial charge in [-0.25, -0.2) is 4.39 Å². The van der Waals surface area contributed by atoms with Gasteiger partial charge in [-0.05, 0) is 80.7 Å². The van der Waals surface area contributed by atoms with Gasteiger partial charge in [0.1, 0.15) is 5.82 Å². The Morgan fingerprint density at radius 2 is 1.54 bits per heavy atom. The summed E-state index contributed by atoms with van der Waals surface area (Å²) >= 11 is 0. The first-order chi connectivity index (χ1) is 17.2. The fraction of sp³-hybridized carbons (Fsp3) is 0.500. The van der Waals surface area contributed by atoms with Crippen LogP contribution < -0.4 is 5.32 Å². The fourth-order valence-electron chi connectivity index (χ4n) is 5.50. The lowest BCUT2D eigenvalue weighted by Crippen LogP contribution is -2.37. The van der Waals surface area contributed by atoms with Gasteiger partial charge in [0, 0.05) is 12.0 Å². The number of hydrogen-bond acceptors (Lipinski definition) is 3. The molecule has 2 aliphatic rings. The molecule has 1 amide bonds. The fourth-order valence-corrected chi connectivity index (χ4v) is 5.50. The highest BCUT2D eigenvalue weighted by Crippen LogP contribution is 2.46. The van der Waals surface area contributed by atoms with E-state index in [9.17, 15) is 35.5 Å². The van der Waals surface area contributed by atoms with Crippen molar-refractivity contribution in [2.45, 2.75) is 62.3 Å². The number of nitrogens with one attached hydrogen (secondary N) is 1. The minimum Gasteiger partial charge on any atom is -0.373 e. The van der Waals surface area contributed by atoms with Gasteiger partial charge in [-0.15, -0.1) is 0 Å². The number of nitrogens with zero attached hydrogens (tertiary/aromatic N) is 1. The molecular weight excluding hydrogens is 505 g/mol. The monoisotopic (exact) mass is 532 g/mol. The van der Waals surface area contributed by atoms with Crippen molar-refractivity contribution in [3.63, 3.8) is 0 Å². The Bertz CT molecular complexity index is 1080. The number of carbonyl (C=O) groups excluding carboxylic acids is 1. The summed E-state index contributed by atoms with van der Waals surface area (Å²) in [5.74, 6) is -0.988. The molecule has 2 fully saturated rings. The summed E-state index contributed by atoms with van der Waals surface area (Å²) in [6.45, 7) is -0.459. The zero-order valence-electron chi connectivity index (χ0n) is 20.2. The third-order valence-electron chi connectivity index (χ3n) is 7.26. The molecule has 0 aromatic heterocycles. The third kappa shape index (κ3) is 6.09. The quantitative estimate of drug-likeness (QED) is 0.481. The van der Waals surface area contributed by atoms with Crippen molar-refractivity contribution in [2.24, 2.45) is 5.92 Å². The molecule has 11 heteroatoms. The molecule has 202 valence electrons. The van der Waals surface area contributed by atoms with Crippen molar-refractivity contribution in [1.82, 2.24) is 10.2 Å². The zero-order valence-corrected chi connectivity index (χ0v) is 20.2. The number of ether oxygens (including phenoxy) is 1. The molecule has 0 spiro atoms. The lowest BCUT2D eigenvalue weighted by molar-refractivity contribution is -0.143. The number of carbonyl (C=O) groups is 1. The van der Waals surface area contributed by atoms with E-state index in [0.717, 1.165) is 5.56 Å². The summed E-state index contributed by atoms with van der Waals surface area (Å²) in [6.07, 6.45) is -8.80. The highest BCUT2D eigenvalue weighted by atomic mass is 19.4. The molecule has 1 N–H and O–H groups in total. The smallest absolute Gasteiger partial charge is 0.373 e. The van der Waals surface area contributed by atoms with Gasteiger partial charge in [0.2, 0.25) is 5.91 Å². The van der Waals surface area contributed by atoms with Crippen molar-refractivity contribution in [2.75, 3.05) is 14.1 Å². The number of amides is 1. The van der Waals surface area contributed by atoms with Gasteiger partial charge in [-0.3, -0.25) is 9.69 Å². The van der Waals surface area contributed by atoms with Crippen molar-refractivity contribution < 1.29 is 40.3 Å². The molecule has 2 aromatic carbocycles. The highest BCUT2D eigenvalue weighted by Gasteiger charge is 2.47. The van der Waals surface area contributed by atoms with Crippen LogP contribution in [-0.4, -0.2) is 43.1 Å². The van der Waals surface area contributed by atoms with E-state index in [1.165, 1.54) is 12.1 Å². The van der Waals surface area contributed by atoms with Crippen LogP contribution in [0.5, 0.6) is 0 Å². The first-order valence-electron chi connectivity index (χ1n) is 11.9. The molecule has 2 aromatic rings. The Morgan fingerprint density at radius 3 is 2.05 bits per heavy atom. The topological polar surface area (TPSA) is 41.6 Å². The molecule has 37 heavy (non-hydrogen) atoms. The number of alkyl halides is 6. The van der Waals surface area contributed by atoms with Crippen LogP contribution in [0.2, 0.25) is 0 Å². The standard InChI is InChI=1S/C26H27F7N2O2/c1-35(2)21-12-20(34-24(21)36)19-7-8-22(23(19)15-3-5-18(27)6-4-15)37-13-14-9-16(25(28,29)30)11-17(10-14)26(31,32)33/h3-6,9-11,19-23H,7-8,12-13H2,1-2H3,(H,34,36)/t19-,20?,21-,22-,23-/m0/s1. The number of rotatable bonds is 6. The maximum atomic E-state index is 13.6. The van der Waals surface area contributed by atoms with Crippen LogP contribution in [0.4, 0.5) is 30.7 Å². The molecular formula is C26H27F7N2O2. The molecule has 4 nitrogen and oxygen atoms in total. The van der Waals surface area contributed by atoms with E-state index < -0.39 is 42.0 Å². The minimum atomic E-state index is -4.95. The predicted molar refractivity (Wildman–Crippen MR) is 121 cm³/mol. The van der Waals surface area contributed by atoms with Crippen LogP contribution in [0.25, 0.3) is 0 Å². The second kappa shape index (κ2) is 10.2. The molecule has 4 rings (SSSR count). The summed E-state index contributed by atoms with van der Waals surface area (Å²) in [7, 11) is 3.60.